The van der Waals surface area contributed by atoms with E-state index < -0.39 is 0 Å². The lowest BCUT2D eigenvalue weighted by molar-refractivity contribution is -0.139. The number of carbonyl (C=O) groups excluding carboxylic acids is 1. The number of ether oxygens (including phenoxy) is 2. The molecule has 0 spiro atoms. The lowest BCUT2D eigenvalue weighted by Crippen LogP contribution is -2.17. The molecule has 0 radical (unpaired) electrons. The van der Waals surface area contributed by atoms with Crippen molar-refractivity contribution in [2.75, 3.05) is 13.2 Å². The summed E-state index contributed by atoms with van der Waals surface area (Å²) in [5.74, 6) is -0.566. The molecule has 0 saturated carbocycles. The number of esters is 1. The summed E-state index contributed by atoms with van der Waals surface area (Å²) in [6.45, 7) is 4.96. The normalized spacial score (nSPS) is 16.3. The molecule has 3 heteroatoms. The van der Waals surface area contributed by atoms with Crippen molar-refractivity contribution >= 4 is 5.97 Å². The van der Waals surface area contributed by atoms with Gasteiger partial charge in [0.15, 0.2) is 0 Å². The minimum Gasteiger partial charge on any atom is -0.459 e. The molecular weight excluding hydrogens is 276 g/mol. The Morgan fingerprint density at radius 2 is 1.59 bits per heavy atom. The van der Waals surface area contributed by atoms with Gasteiger partial charge in [0.2, 0.25) is 0 Å². The fourth-order valence-electron chi connectivity index (χ4n) is 2.43. The van der Waals surface area contributed by atoms with Crippen LogP contribution in [0.4, 0.5) is 0 Å². The number of hydrogen-bond donors (Lipinski definition) is 0. The summed E-state index contributed by atoms with van der Waals surface area (Å²) in [6.07, 6.45) is 0.0589. The molecule has 3 nitrogen and oxygen atoms in total. The van der Waals surface area contributed by atoms with Gasteiger partial charge in [-0.2, -0.15) is 0 Å². The predicted molar refractivity (Wildman–Crippen MR) is 84.6 cm³/mol. The Morgan fingerprint density at radius 1 is 1.09 bits per heavy atom. The zero-order valence-electron chi connectivity index (χ0n) is 12.3. The summed E-state index contributed by atoms with van der Waals surface area (Å²) in [6, 6.07) is 19.8. The average Bonchev–Trinajstić information content (AvgIpc) is 3.39. The van der Waals surface area contributed by atoms with Crippen molar-refractivity contribution < 1.29 is 14.3 Å². The van der Waals surface area contributed by atoms with E-state index in [0.29, 0.717) is 18.8 Å². The van der Waals surface area contributed by atoms with Gasteiger partial charge in [-0.25, -0.2) is 4.79 Å². The quantitative estimate of drug-likeness (QED) is 0.466. The second kappa shape index (κ2) is 6.58. The summed E-state index contributed by atoms with van der Waals surface area (Å²) in [5.41, 5.74) is 2.50. The zero-order chi connectivity index (χ0) is 15.4. The molecule has 0 amide bonds. The van der Waals surface area contributed by atoms with Crippen LogP contribution < -0.4 is 0 Å². The van der Waals surface area contributed by atoms with Gasteiger partial charge in [-0.15, -0.1) is 0 Å². The van der Waals surface area contributed by atoms with Crippen LogP contribution >= 0.6 is 0 Å². The van der Waals surface area contributed by atoms with E-state index in [2.05, 4.69) is 6.58 Å². The molecule has 3 rings (SSSR count). The van der Waals surface area contributed by atoms with Crippen LogP contribution in [0.5, 0.6) is 0 Å². The Kier molecular flexibility index (Phi) is 4.35. The Bertz CT molecular complexity index is 605. The first-order chi connectivity index (χ1) is 10.8. The summed E-state index contributed by atoms with van der Waals surface area (Å²) in [4.78, 5) is 12.3. The summed E-state index contributed by atoms with van der Waals surface area (Å²) >= 11 is 0. The number of epoxide rings is 1. The standard InChI is InChI=1S/C19H18O3/c1-14(19(20)22-13-17-12-21-17)18(15-8-4-2-5-9-15)16-10-6-3-7-11-16/h2-11,17-18H,1,12-13H2. The highest BCUT2D eigenvalue weighted by Crippen LogP contribution is 2.31. The molecule has 1 saturated heterocycles. The molecule has 0 aliphatic carbocycles. The monoisotopic (exact) mass is 294 g/mol. The highest BCUT2D eigenvalue weighted by molar-refractivity contribution is 5.90. The Labute approximate surface area is 130 Å². The molecule has 0 aromatic heterocycles. The fraction of sp³-hybridized carbons (Fsp3) is 0.211. The predicted octanol–water partition coefficient (Wildman–Crippen LogP) is 3.32. The molecule has 1 atom stereocenters. The van der Waals surface area contributed by atoms with Crippen LogP contribution in [-0.4, -0.2) is 25.3 Å². The Balaban J connectivity index is 1.84. The molecule has 1 aliphatic heterocycles. The largest absolute Gasteiger partial charge is 0.459 e. The number of carbonyl (C=O) groups is 1. The van der Waals surface area contributed by atoms with Gasteiger partial charge < -0.3 is 9.47 Å². The van der Waals surface area contributed by atoms with Gasteiger partial charge in [-0.1, -0.05) is 67.2 Å². The van der Waals surface area contributed by atoms with E-state index in [1.54, 1.807) is 0 Å². The van der Waals surface area contributed by atoms with Crippen LogP contribution in [-0.2, 0) is 14.3 Å². The van der Waals surface area contributed by atoms with E-state index >= 15 is 0 Å². The van der Waals surface area contributed by atoms with Crippen molar-refractivity contribution in [3.63, 3.8) is 0 Å². The molecule has 0 N–H and O–H groups in total. The molecule has 112 valence electrons. The van der Waals surface area contributed by atoms with Gasteiger partial charge in [0.25, 0.3) is 0 Å². The number of hydrogen-bond acceptors (Lipinski definition) is 3. The molecule has 2 aromatic rings. The third-order valence-corrected chi connectivity index (χ3v) is 3.68. The summed E-state index contributed by atoms with van der Waals surface area (Å²) in [5, 5.41) is 0. The van der Waals surface area contributed by atoms with Crippen LogP contribution in [0.1, 0.15) is 17.0 Å². The molecule has 0 bridgehead atoms. The van der Waals surface area contributed by atoms with Crippen LogP contribution in [0, 0.1) is 0 Å². The molecule has 1 heterocycles. The minimum atomic E-state index is -0.367. The molecule has 22 heavy (non-hydrogen) atoms. The van der Waals surface area contributed by atoms with Crippen molar-refractivity contribution in [3.8, 4) is 0 Å². The van der Waals surface area contributed by atoms with Crippen molar-refractivity contribution in [2.24, 2.45) is 0 Å². The first-order valence-electron chi connectivity index (χ1n) is 7.33. The van der Waals surface area contributed by atoms with Gasteiger partial charge in [0.05, 0.1) is 6.61 Å². The van der Waals surface area contributed by atoms with Gasteiger partial charge in [-0.05, 0) is 11.1 Å². The third-order valence-electron chi connectivity index (χ3n) is 3.68. The second-order valence-electron chi connectivity index (χ2n) is 5.33. The first-order valence-corrected chi connectivity index (χ1v) is 7.33. The van der Waals surface area contributed by atoms with E-state index in [-0.39, 0.29) is 18.0 Å². The minimum absolute atomic E-state index is 0.0589. The van der Waals surface area contributed by atoms with Gasteiger partial charge in [-0.3, -0.25) is 0 Å². The van der Waals surface area contributed by atoms with Crippen LogP contribution in [0.25, 0.3) is 0 Å². The summed E-state index contributed by atoms with van der Waals surface area (Å²) in [7, 11) is 0. The van der Waals surface area contributed by atoms with Crippen molar-refractivity contribution in [2.45, 2.75) is 12.0 Å². The van der Waals surface area contributed by atoms with Crippen molar-refractivity contribution in [1.82, 2.24) is 0 Å². The second-order valence-corrected chi connectivity index (χ2v) is 5.33. The lowest BCUT2D eigenvalue weighted by atomic mass is 9.85. The maximum Gasteiger partial charge on any atom is 0.334 e. The SMILES string of the molecule is C=C(C(=O)OCC1CO1)C(c1ccccc1)c1ccccc1. The van der Waals surface area contributed by atoms with Gasteiger partial charge in [0.1, 0.15) is 12.7 Å². The van der Waals surface area contributed by atoms with E-state index in [1.165, 1.54) is 0 Å². The highest BCUT2D eigenvalue weighted by Gasteiger charge is 2.27. The zero-order valence-corrected chi connectivity index (χ0v) is 12.3. The molecule has 1 fully saturated rings. The van der Waals surface area contributed by atoms with Gasteiger partial charge >= 0.3 is 5.97 Å². The third kappa shape index (κ3) is 3.43. The number of rotatable bonds is 6. The molecular formula is C19H18O3. The van der Waals surface area contributed by atoms with Gasteiger partial charge in [0, 0.05) is 11.5 Å². The maximum atomic E-state index is 12.3. The maximum absolute atomic E-state index is 12.3. The fourth-order valence-corrected chi connectivity index (χ4v) is 2.43. The first kappa shape index (κ1) is 14.5. The summed E-state index contributed by atoms with van der Waals surface area (Å²) < 4.78 is 10.3. The van der Waals surface area contributed by atoms with Crippen LogP contribution in [0.3, 0.4) is 0 Å². The van der Waals surface area contributed by atoms with E-state index in [0.717, 1.165) is 11.1 Å². The topological polar surface area (TPSA) is 38.8 Å². The van der Waals surface area contributed by atoms with Crippen molar-refractivity contribution in [1.29, 1.82) is 0 Å². The van der Waals surface area contributed by atoms with E-state index in [4.69, 9.17) is 9.47 Å². The van der Waals surface area contributed by atoms with E-state index in [9.17, 15) is 4.79 Å². The molecule has 2 aromatic carbocycles. The molecule has 1 aliphatic rings. The Hall–Kier alpha value is -2.39. The van der Waals surface area contributed by atoms with E-state index in [1.807, 2.05) is 60.7 Å². The molecule has 1 unspecified atom stereocenters. The average molecular weight is 294 g/mol. The Morgan fingerprint density at radius 3 is 2.05 bits per heavy atom. The smallest absolute Gasteiger partial charge is 0.334 e. The van der Waals surface area contributed by atoms with Crippen LogP contribution in [0.15, 0.2) is 72.8 Å². The highest BCUT2D eigenvalue weighted by atomic mass is 16.6. The number of benzene rings is 2. The van der Waals surface area contributed by atoms with Crippen LogP contribution in [0.2, 0.25) is 0 Å². The lowest BCUT2D eigenvalue weighted by Gasteiger charge is -2.19. The van der Waals surface area contributed by atoms with Crippen molar-refractivity contribution in [3.05, 3.63) is 83.9 Å².